The second-order valence-corrected chi connectivity index (χ2v) is 7.97. The van der Waals surface area contributed by atoms with Crippen molar-refractivity contribution in [2.24, 2.45) is 5.92 Å². The van der Waals surface area contributed by atoms with Crippen molar-refractivity contribution in [3.8, 4) is 22.8 Å². The topological polar surface area (TPSA) is 84.5 Å². The van der Waals surface area contributed by atoms with E-state index >= 15 is 0 Å². The first-order chi connectivity index (χ1) is 15.1. The molecule has 1 saturated heterocycles. The van der Waals surface area contributed by atoms with Gasteiger partial charge in [-0.05, 0) is 55.7 Å². The summed E-state index contributed by atoms with van der Waals surface area (Å²) in [5.41, 5.74) is 4.84. The first-order valence-corrected chi connectivity index (χ1v) is 10.4. The molecule has 7 heteroatoms. The lowest BCUT2D eigenvalue weighted by atomic mass is 9.99. The van der Waals surface area contributed by atoms with Gasteiger partial charge in [0.25, 0.3) is 0 Å². The Balaban J connectivity index is 1.49. The van der Waals surface area contributed by atoms with Crippen LogP contribution in [-0.4, -0.2) is 39.8 Å². The summed E-state index contributed by atoms with van der Waals surface area (Å²) >= 11 is 0. The normalized spacial score (nSPS) is 16.2. The number of rotatable bonds is 5. The average molecular weight is 416 g/mol. The SMILES string of the molecule is Cc1cc(Oc2nccc3occc23)ccc1-c1c(C)ncnc1N1CCC(CO)C1. The molecule has 4 aromatic rings. The molecule has 5 rings (SSSR count). The molecule has 0 bridgehead atoms. The molecule has 1 aromatic carbocycles. The molecular weight excluding hydrogens is 392 g/mol. The van der Waals surface area contributed by atoms with Gasteiger partial charge in [0.05, 0.1) is 17.3 Å². The van der Waals surface area contributed by atoms with E-state index in [4.69, 9.17) is 9.15 Å². The number of furan rings is 1. The smallest absolute Gasteiger partial charge is 0.230 e. The summed E-state index contributed by atoms with van der Waals surface area (Å²) < 4.78 is 11.5. The summed E-state index contributed by atoms with van der Waals surface area (Å²) in [6.45, 7) is 5.96. The molecule has 1 unspecified atom stereocenters. The van der Waals surface area contributed by atoms with Gasteiger partial charge in [-0.25, -0.2) is 15.0 Å². The zero-order valence-electron chi connectivity index (χ0n) is 17.6. The number of aliphatic hydroxyl groups is 1. The highest BCUT2D eigenvalue weighted by Gasteiger charge is 2.26. The predicted octanol–water partition coefficient (Wildman–Crippen LogP) is 4.51. The van der Waals surface area contributed by atoms with Crippen LogP contribution in [0.1, 0.15) is 17.7 Å². The molecule has 1 atom stereocenters. The van der Waals surface area contributed by atoms with Gasteiger partial charge in [-0.15, -0.1) is 0 Å². The summed E-state index contributed by atoms with van der Waals surface area (Å²) in [5, 5.41) is 10.4. The second kappa shape index (κ2) is 8.00. The van der Waals surface area contributed by atoms with Crippen molar-refractivity contribution in [2.75, 3.05) is 24.6 Å². The van der Waals surface area contributed by atoms with Crippen LogP contribution in [-0.2, 0) is 0 Å². The molecule has 31 heavy (non-hydrogen) atoms. The van der Waals surface area contributed by atoms with E-state index in [-0.39, 0.29) is 12.5 Å². The first-order valence-electron chi connectivity index (χ1n) is 10.4. The highest BCUT2D eigenvalue weighted by atomic mass is 16.5. The van der Waals surface area contributed by atoms with Crippen LogP contribution in [0.3, 0.4) is 0 Å². The van der Waals surface area contributed by atoms with Gasteiger partial charge in [-0.2, -0.15) is 0 Å². The molecule has 0 amide bonds. The van der Waals surface area contributed by atoms with Crippen LogP contribution in [0.4, 0.5) is 5.82 Å². The molecule has 1 aliphatic rings. The third-order valence-corrected chi connectivity index (χ3v) is 5.89. The summed E-state index contributed by atoms with van der Waals surface area (Å²) in [4.78, 5) is 15.7. The minimum absolute atomic E-state index is 0.207. The third-order valence-electron chi connectivity index (χ3n) is 5.89. The van der Waals surface area contributed by atoms with E-state index in [0.29, 0.717) is 11.6 Å². The van der Waals surface area contributed by atoms with Crippen molar-refractivity contribution in [1.82, 2.24) is 15.0 Å². The largest absolute Gasteiger partial charge is 0.464 e. The van der Waals surface area contributed by atoms with Gasteiger partial charge >= 0.3 is 0 Å². The van der Waals surface area contributed by atoms with E-state index in [0.717, 1.165) is 58.7 Å². The van der Waals surface area contributed by atoms with E-state index in [1.165, 1.54) is 0 Å². The number of fused-ring (bicyclic) bond motifs is 1. The van der Waals surface area contributed by atoms with Crippen molar-refractivity contribution in [3.05, 3.63) is 60.4 Å². The summed E-state index contributed by atoms with van der Waals surface area (Å²) in [6, 6.07) is 9.67. The molecule has 158 valence electrons. The maximum absolute atomic E-state index is 9.54. The maximum Gasteiger partial charge on any atom is 0.230 e. The quantitative estimate of drug-likeness (QED) is 0.512. The number of hydrogen-bond acceptors (Lipinski definition) is 7. The van der Waals surface area contributed by atoms with Crippen molar-refractivity contribution < 1.29 is 14.3 Å². The van der Waals surface area contributed by atoms with Crippen LogP contribution < -0.4 is 9.64 Å². The lowest BCUT2D eigenvalue weighted by Crippen LogP contribution is -2.23. The highest BCUT2D eigenvalue weighted by molar-refractivity contribution is 5.83. The van der Waals surface area contributed by atoms with E-state index in [1.807, 2.05) is 31.2 Å². The molecule has 0 aliphatic carbocycles. The molecule has 3 aromatic heterocycles. The first kappa shape index (κ1) is 19.5. The molecule has 1 fully saturated rings. The number of aryl methyl sites for hydroxylation is 2. The maximum atomic E-state index is 9.54. The Morgan fingerprint density at radius 2 is 2.06 bits per heavy atom. The molecule has 0 spiro atoms. The molecule has 0 radical (unpaired) electrons. The molecular formula is C24H24N4O3. The number of anilines is 1. The van der Waals surface area contributed by atoms with Crippen LogP contribution in [0.5, 0.6) is 11.6 Å². The van der Waals surface area contributed by atoms with Crippen LogP contribution in [0, 0.1) is 19.8 Å². The fraction of sp³-hybridized carbons (Fsp3) is 0.292. The average Bonchev–Trinajstić information content (AvgIpc) is 3.44. The Labute approximate surface area is 180 Å². The lowest BCUT2D eigenvalue weighted by Gasteiger charge is -2.22. The Morgan fingerprint density at radius 1 is 1.16 bits per heavy atom. The molecule has 1 aliphatic heterocycles. The number of aromatic nitrogens is 3. The molecule has 0 saturated carbocycles. The number of benzene rings is 1. The fourth-order valence-electron chi connectivity index (χ4n) is 4.23. The zero-order valence-corrected chi connectivity index (χ0v) is 17.6. The predicted molar refractivity (Wildman–Crippen MR) is 118 cm³/mol. The Morgan fingerprint density at radius 3 is 2.87 bits per heavy atom. The van der Waals surface area contributed by atoms with Gasteiger partial charge in [-0.1, -0.05) is 6.07 Å². The van der Waals surface area contributed by atoms with Gasteiger partial charge in [0.1, 0.15) is 23.5 Å². The number of hydrogen-bond donors (Lipinski definition) is 1. The zero-order chi connectivity index (χ0) is 21.4. The minimum atomic E-state index is 0.207. The summed E-state index contributed by atoms with van der Waals surface area (Å²) in [7, 11) is 0. The van der Waals surface area contributed by atoms with Crippen LogP contribution in [0.25, 0.3) is 22.1 Å². The Bertz CT molecular complexity index is 1240. The molecule has 7 nitrogen and oxygen atoms in total. The second-order valence-electron chi connectivity index (χ2n) is 7.97. The molecule has 4 heterocycles. The van der Waals surface area contributed by atoms with Crippen LogP contribution in [0.2, 0.25) is 0 Å². The molecule has 1 N–H and O–H groups in total. The number of aliphatic hydroxyl groups excluding tert-OH is 1. The number of nitrogens with zero attached hydrogens (tertiary/aromatic N) is 4. The Hall–Kier alpha value is -3.45. The van der Waals surface area contributed by atoms with Gasteiger partial charge < -0.3 is 19.2 Å². The van der Waals surface area contributed by atoms with Crippen molar-refractivity contribution in [1.29, 1.82) is 0 Å². The highest BCUT2D eigenvalue weighted by Crippen LogP contribution is 2.37. The fourth-order valence-corrected chi connectivity index (χ4v) is 4.23. The minimum Gasteiger partial charge on any atom is -0.464 e. The standard InChI is InChI=1S/C24H24N4O3/c1-15-11-18(31-24-20-7-10-30-21(20)5-8-25-24)3-4-19(15)22-16(2)26-14-27-23(22)28-9-6-17(12-28)13-29/h3-5,7-8,10-11,14,17,29H,6,9,12-13H2,1-2H3. The lowest BCUT2D eigenvalue weighted by molar-refractivity contribution is 0.238. The van der Waals surface area contributed by atoms with E-state index in [1.54, 1.807) is 18.8 Å². The van der Waals surface area contributed by atoms with Crippen LogP contribution >= 0.6 is 0 Å². The van der Waals surface area contributed by atoms with Crippen LogP contribution in [0.15, 0.2) is 53.5 Å². The number of ether oxygens (including phenoxy) is 1. The van der Waals surface area contributed by atoms with Gasteiger partial charge in [-0.3, -0.25) is 0 Å². The summed E-state index contributed by atoms with van der Waals surface area (Å²) in [6.07, 6.45) is 5.89. The van der Waals surface area contributed by atoms with Gasteiger partial charge in [0, 0.05) is 37.4 Å². The number of pyridine rings is 1. The van der Waals surface area contributed by atoms with Crippen molar-refractivity contribution in [3.63, 3.8) is 0 Å². The van der Waals surface area contributed by atoms with Gasteiger partial charge in [0.2, 0.25) is 5.88 Å². The Kier molecular flexibility index (Phi) is 5.03. The van der Waals surface area contributed by atoms with E-state index < -0.39 is 0 Å². The van der Waals surface area contributed by atoms with Gasteiger partial charge in [0.15, 0.2) is 0 Å². The van der Waals surface area contributed by atoms with Crippen molar-refractivity contribution in [2.45, 2.75) is 20.3 Å². The van der Waals surface area contributed by atoms with E-state index in [2.05, 4.69) is 32.8 Å². The van der Waals surface area contributed by atoms with E-state index in [9.17, 15) is 5.11 Å². The summed E-state index contributed by atoms with van der Waals surface area (Å²) in [5.74, 6) is 2.44. The monoisotopic (exact) mass is 416 g/mol. The van der Waals surface area contributed by atoms with Crippen molar-refractivity contribution >= 4 is 16.8 Å². The third kappa shape index (κ3) is 3.61.